The van der Waals surface area contributed by atoms with Crippen LogP contribution in [0.2, 0.25) is 5.02 Å². The summed E-state index contributed by atoms with van der Waals surface area (Å²) in [5, 5.41) is 9.99. The normalized spacial score (nSPS) is 15.5. The lowest BCUT2D eigenvalue weighted by Gasteiger charge is -2.17. The van der Waals surface area contributed by atoms with Gasteiger partial charge in [-0.05, 0) is 41.1 Å². The molecule has 3 N–H and O–H groups in total. The predicted molar refractivity (Wildman–Crippen MR) is 62.8 cm³/mol. The summed E-state index contributed by atoms with van der Waals surface area (Å²) in [6, 6.07) is 5.15. The van der Waals surface area contributed by atoms with E-state index >= 15 is 0 Å². The maximum atomic E-state index is 9.32. The van der Waals surface area contributed by atoms with Crippen molar-refractivity contribution in [2.75, 3.05) is 0 Å². The summed E-state index contributed by atoms with van der Waals surface area (Å²) in [7, 11) is 0. The smallest absolute Gasteiger partial charge is 0.0705 e. The van der Waals surface area contributed by atoms with Crippen LogP contribution in [0.5, 0.6) is 0 Å². The second-order valence-corrected chi connectivity index (χ2v) is 4.40. The molecule has 1 aromatic rings. The van der Waals surface area contributed by atoms with Gasteiger partial charge in [-0.2, -0.15) is 0 Å². The molecule has 0 heterocycles. The number of aliphatic hydroxyl groups is 1. The highest BCUT2D eigenvalue weighted by Crippen LogP contribution is 2.26. The van der Waals surface area contributed by atoms with Gasteiger partial charge in [0.15, 0.2) is 0 Å². The van der Waals surface area contributed by atoms with Crippen molar-refractivity contribution in [1.29, 1.82) is 0 Å². The summed E-state index contributed by atoms with van der Waals surface area (Å²) < 4.78 is 0.912. The molecule has 1 aromatic carbocycles. The van der Waals surface area contributed by atoms with E-state index < -0.39 is 6.10 Å². The quantitative estimate of drug-likeness (QED) is 0.824. The maximum Gasteiger partial charge on any atom is 0.0705 e. The molecular formula is C9H11ClINO. The molecule has 0 saturated heterocycles. The Labute approximate surface area is 96.2 Å². The van der Waals surface area contributed by atoms with Gasteiger partial charge in [0.2, 0.25) is 0 Å². The molecule has 1 rings (SSSR count). The molecule has 72 valence electrons. The van der Waals surface area contributed by atoms with Gasteiger partial charge in [0.05, 0.1) is 17.2 Å². The minimum Gasteiger partial charge on any atom is -0.391 e. The summed E-state index contributed by atoms with van der Waals surface area (Å²) in [5.74, 6) is 0. The van der Waals surface area contributed by atoms with E-state index in [0.29, 0.717) is 5.02 Å². The average molecular weight is 312 g/mol. The Morgan fingerprint density at radius 2 is 2.15 bits per heavy atom. The summed E-state index contributed by atoms with van der Waals surface area (Å²) >= 11 is 8.05. The molecule has 0 fully saturated rings. The largest absolute Gasteiger partial charge is 0.391 e. The highest BCUT2D eigenvalue weighted by Gasteiger charge is 2.15. The number of aliphatic hydroxyl groups excluding tert-OH is 1. The molecule has 0 spiro atoms. The Hall–Kier alpha value is 0.160. The predicted octanol–water partition coefficient (Wildman–Crippen LogP) is 2.33. The van der Waals surface area contributed by atoms with Crippen LogP contribution in [0.25, 0.3) is 0 Å². The second kappa shape index (κ2) is 4.59. The summed E-state index contributed by atoms with van der Waals surface area (Å²) in [6.07, 6.45) is -0.563. The van der Waals surface area contributed by atoms with Gasteiger partial charge in [-0.1, -0.05) is 23.7 Å². The zero-order valence-electron chi connectivity index (χ0n) is 7.17. The van der Waals surface area contributed by atoms with Crippen LogP contribution in [0.3, 0.4) is 0 Å². The van der Waals surface area contributed by atoms with Crippen molar-refractivity contribution in [2.24, 2.45) is 5.73 Å². The van der Waals surface area contributed by atoms with Gasteiger partial charge >= 0.3 is 0 Å². The van der Waals surface area contributed by atoms with Crippen LogP contribution < -0.4 is 5.73 Å². The lowest BCUT2D eigenvalue weighted by Crippen LogP contribution is -2.24. The standard InChI is InChI=1S/C9H11ClINO/c1-5(13)9(12)6-3-2-4-7(10)8(6)11/h2-5,9,13H,12H2,1H3/t5-,9+/m0/s1. The van der Waals surface area contributed by atoms with Crippen LogP contribution in [0, 0.1) is 3.57 Å². The van der Waals surface area contributed by atoms with E-state index in [1.807, 2.05) is 18.2 Å². The van der Waals surface area contributed by atoms with Crippen molar-refractivity contribution in [3.8, 4) is 0 Å². The molecule has 2 atom stereocenters. The van der Waals surface area contributed by atoms with Gasteiger partial charge in [-0.3, -0.25) is 0 Å². The second-order valence-electron chi connectivity index (χ2n) is 2.91. The van der Waals surface area contributed by atoms with Gasteiger partial charge < -0.3 is 10.8 Å². The van der Waals surface area contributed by atoms with Crippen LogP contribution in [0.1, 0.15) is 18.5 Å². The number of benzene rings is 1. The van der Waals surface area contributed by atoms with E-state index in [2.05, 4.69) is 22.6 Å². The molecular weight excluding hydrogens is 300 g/mol. The van der Waals surface area contributed by atoms with E-state index in [9.17, 15) is 5.11 Å². The summed E-state index contributed by atoms with van der Waals surface area (Å²) in [5.41, 5.74) is 6.69. The molecule has 0 aliphatic rings. The topological polar surface area (TPSA) is 46.2 Å². The van der Waals surface area contributed by atoms with Crippen LogP contribution >= 0.6 is 34.2 Å². The molecule has 0 aliphatic heterocycles. The van der Waals surface area contributed by atoms with Crippen LogP contribution in [-0.2, 0) is 0 Å². The highest BCUT2D eigenvalue weighted by atomic mass is 127. The first-order valence-corrected chi connectivity index (χ1v) is 5.37. The molecule has 0 aromatic heterocycles. The third-order valence-electron chi connectivity index (χ3n) is 1.86. The van der Waals surface area contributed by atoms with Crippen molar-refractivity contribution in [1.82, 2.24) is 0 Å². The Morgan fingerprint density at radius 1 is 1.54 bits per heavy atom. The number of rotatable bonds is 2. The first kappa shape index (κ1) is 11.2. The molecule has 4 heteroatoms. The van der Waals surface area contributed by atoms with Gasteiger partial charge in [-0.25, -0.2) is 0 Å². The SMILES string of the molecule is C[C@H](O)[C@@H](N)c1cccc(Cl)c1I. The number of halogens is 2. The zero-order chi connectivity index (χ0) is 10.0. The highest BCUT2D eigenvalue weighted by molar-refractivity contribution is 14.1. The average Bonchev–Trinajstić information content (AvgIpc) is 2.08. The Balaban J connectivity index is 3.07. The van der Waals surface area contributed by atoms with E-state index in [1.54, 1.807) is 6.92 Å². The van der Waals surface area contributed by atoms with Crippen LogP contribution in [0.15, 0.2) is 18.2 Å². The van der Waals surface area contributed by atoms with Gasteiger partial charge in [0, 0.05) is 3.57 Å². The molecule has 0 radical (unpaired) electrons. The van der Waals surface area contributed by atoms with Crippen molar-refractivity contribution in [3.05, 3.63) is 32.4 Å². The monoisotopic (exact) mass is 311 g/mol. The van der Waals surface area contributed by atoms with E-state index in [4.69, 9.17) is 17.3 Å². The van der Waals surface area contributed by atoms with E-state index in [1.165, 1.54) is 0 Å². The summed E-state index contributed by atoms with van der Waals surface area (Å²) in [6.45, 7) is 1.67. The van der Waals surface area contributed by atoms with Gasteiger partial charge in [-0.15, -0.1) is 0 Å². The van der Waals surface area contributed by atoms with Crippen molar-refractivity contribution in [2.45, 2.75) is 19.1 Å². The Bertz CT molecular complexity index is 304. The molecule has 13 heavy (non-hydrogen) atoms. The lowest BCUT2D eigenvalue weighted by atomic mass is 10.0. The first-order chi connectivity index (χ1) is 6.04. The van der Waals surface area contributed by atoms with E-state index in [0.717, 1.165) is 9.13 Å². The molecule has 0 amide bonds. The minimum absolute atomic E-state index is 0.370. The number of hydrogen-bond acceptors (Lipinski definition) is 2. The third-order valence-corrected chi connectivity index (χ3v) is 3.70. The van der Waals surface area contributed by atoms with Crippen molar-refractivity contribution in [3.63, 3.8) is 0 Å². The lowest BCUT2D eigenvalue weighted by molar-refractivity contribution is 0.164. The van der Waals surface area contributed by atoms with Crippen molar-refractivity contribution >= 4 is 34.2 Å². The Kier molecular flexibility index (Phi) is 3.97. The van der Waals surface area contributed by atoms with Crippen molar-refractivity contribution < 1.29 is 5.11 Å². The molecule has 0 aliphatic carbocycles. The maximum absolute atomic E-state index is 9.32. The number of hydrogen-bond donors (Lipinski definition) is 2. The fourth-order valence-electron chi connectivity index (χ4n) is 1.04. The number of nitrogens with two attached hydrogens (primary N) is 1. The Morgan fingerprint density at radius 3 is 2.69 bits per heavy atom. The molecule has 0 saturated carbocycles. The molecule has 2 nitrogen and oxygen atoms in total. The fraction of sp³-hybridized carbons (Fsp3) is 0.333. The van der Waals surface area contributed by atoms with Crippen LogP contribution in [-0.4, -0.2) is 11.2 Å². The molecule has 0 unspecified atom stereocenters. The summed E-state index contributed by atoms with van der Waals surface area (Å²) in [4.78, 5) is 0. The first-order valence-electron chi connectivity index (χ1n) is 3.91. The van der Waals surface area contributed by atoms with E-state index in [-0.39, 0.29) is 6.04 Å². The van der Waals surface area contributed by atoms with Gasteiger partial charge in [0.25, 0.3) is 0 Å². The third kappa shape index (κ3) is 2.56. The van der Waals surface area contributed by atoms with Gasteiger partial charge in [0.1, 0.15) is 0 Å². The zero-order valence-corrected chi connectivity index (χ0v) is 10.1. The fourth-order valence-corrected chi connectivity index (χ4v) is 1.94. The minimum atomic E-state index is -0.563. The van der Waals surface area contributed by atoms with Crippen LogP contribution in [0.4, 0.5) is 0 Å². The molecule has 0 bridgehead atoms.